The Balaban J connectivity index is 1.90. The van der Waals surface area contributed by atoms with Crippen LogP contribution in [0.25, 0.3) is 11.2 Å². The summed E-state index contributed by atoms with van der Waals surface area (Å²) in [6.07, 6.45) is 2.47. The summed E-state index contributed by atoms with van der Waals surface area (Å²) in [5.41, 5.74) is 11.1. The number of imidazole rings is 1. The Morgan fingerprint density at radius 2 is 2.23 bits per heavy atom. The Morgan fingerprint density at radius 3 is 2.91 bits per heavy atom. The molecule has 7 N–H and O–H groups in total. The summed E-state index contributed by atoms with van der Waals surface area (Å²) in [6.45, 7) is 0.178. The second-order valence-electron chi connectivity index (χ2n) is 5.89. The lowest BCUT2D eigenvalue weighted by Gasteiger charge is -2.40. The third-order valence-corrected chi connectivity index (χ3v) is 4.41. The normalized spacial score (nSPS) is 29.0. The Labute approximate surface area is 127 Å². The van der Waals surface area contributed by atoms with Gasteiger partial charge < -0.3 is 31.6 Å². The Kier molecular flexibility index (Phi) is 3.63. The van der Waals surface area contributed by atoms with Gasteiger partial charge in [-0.3, -0.25) is 0 Å². The van der Waals surface area contributed by atoms with Crippen molar-refractivity contribution in [2.75, 3.05) is 18.5 Å². The summed E-state index contributed by atoms with van der Waals surface area (Å²) < 4.78 is 1.66. The molecular formula is C13H21N7O2. The van der Waals surface area contributed by atoms with Gasteiger partial charge in [-0.2, -0.15) is 9.97 Å². The van der Waals surface area contributed by atoms with Crippen molar-refractivity contribution in [1.29, 1.82) is 0 Å². The fourth-order valence-electron chi connectivity index (χ4n) is 3.04. The Hall–Kier alpha value is -1.97. The van der Waals surface area contributed by atoms with Crippen molar-refractivity contribution in [3.8, 4) is 0 Å². The van der Waals surface area contributed by atoms with Crippen LogP contribution in [-0.2, 0) is 6.54 Å². The standard InChI is InChI=1S/C13H21N7O2/c1-16-7-2-3-13(22,8(21)4-7)5-20-6-17-9-10(14)18-12(15)19-11(9)20/h6-8,16,21-22H,2-5H2,1H3,(H4,14,15,18,19)/t7-,8+,13+/m0/s1. The van der Waals surface area contributed by atoms with Crippen molar-refractivity contribution < 1.29 is 10.2 Å². The highest BCUT2D eigenvalue weighted by molar-refractivity contribution is 5.82. The lowest BCUT2D eigenvalue weighted by atomic mass is 9.79. The zero-order chi connectivity index (χ0) is 15.9. The molecule has 0 bridgehead atoms. The van der Waals surface area contributed by atoms with Gasteiger partial charge in [0.1, 0.15) is 11.1 Å². The van der Waals surface area contributed by atoms with Gasteiger partial charge in [-0.25, -0.2) is 4.98 Å². The van der Waals surface area contributed by atoms with Gasteiger partial charge in [0.25, 0.3) is 0 Å². The molecule has 22 heavy (non-hydrogen) atoms. The van der Waals surface area contributed by atoms with E-state index < -0.39 is 11.7 Å². The predicted octanol–water partition coefficient (Wildman–Crippen LogP) is -1.15. The van der Waals surface area contributed by atoms with Crippen LogP contribution in [0.1, 0.15) is 19.3 Å². The van der Waals surface area contributed by atoms with E-state index in [1.807, 2.05) is 7.05 Å². The summed E-state index contributed by atoms with van der Waals surface area (Å²) in [4.78, 5) is 12.2. The molecule has 2 aromatic heterocycles. The van der Waals surface area contributed by atoms with Gasteiger partial charge >= 0.3 is 0 Å². The molecule has 0 radical (unpaired) electrons. The zero-order valence-corrected chi connectivity index (χ0v) is 12.4. The lowest BCUT2D eigenvalue weighted by Crippen LogP contribution is -2.53. The van der Waals surface area contributed by atoms with E-state index in [4.69, 9.17) is 11.5 Å². The van der Waals surface area contributed by atoms with Gasteiger partial charge in [0.15, 0.2) is 11.5 Å². The second-order valence-corrected chi connectivity index (χ2v) is 5.89. The van der Waals surface area contributed by atoms with Crippen LogP contribution in [0, 0.1) is 0 Å². The van der Waals surface area contributed by atoms with Crippen LogP contribution in [0.3, 0.4) is 0 Å². The zero-order valence-electron chi connectivity index (χ0n) is 12.4. The molecular weight excluding hydrogens is 286 g/mol. The van der Waals surface area contributed by atoms with Crippen molar-refractivity contribution in [3.63, 3.8) is 0 Å². The number of anilines is 2. The summed E-state index contributed by atoms with van der Waals surface area (Å²) in [5, 5.41) is 24.2. The van der Waals surface area contributed by atoms with Crippen molar-refractivity contribution in [1.82, 2.24) is 24.8 Å². The van der Waals surface area contributed by atoms with E-state index in [1.54, 1.807) is 4.57 Å². The Bertz CT molecular complexity index is 688. The predicted molar refractivity (Wildman–Crippen MR) is 81.8 cm³/mol. The maximum atomic E-state index is 10.8. The molecule has 0 unspecified atom stereocenters. The van der Waals surface area contributed by atoms with E-state index in [0.29, 0.717) is 24.0 Å². The molecule has 1 fully saturated rings. The largest absolute Gasteiger partial charge is 0.390 e. The molecule has 0 amide bonds. The summed E-state index contributed by atoms with van der Waals surface area (Å²) >= 11 is 0. The SMILES string of the molecule is CN[C@H]1CC[C@@](O)(Cn2cnc3c(N)nc(N)nc32)[C@H](O)C1. The molecule has 1 aliphatic rings. The van der Waals surface area contributed by atoms with Gasteiger partial charge in [-0.05, 0) is 26.3 Å². The molecule has 3 rings (SSSR count). The topological polar surface area (TPSA) is 148 Å². The minimum absolute atomic E-state index is 0.0539. The number of nitrogens with zero attached hydrogens (tertiary/aromatic N) is 4. The Morgan fingerprint density at radius 1 is 1.45 bits per heavy atom. The number of hydrogen-bond donors (Lipinski definition) is 5. The second kappa shape index (κ2) is 5.34. The average Bonchev–Trinajstić information content (AvgIpc) is 2.85. The highest BCUT2D eigenvalue weighted by atomic mass is 16.3. The number of aliphatic hydroxyl groups excluding tert-OH is 1. The van der Waals surface area contributed by atoms with Crippen molar-refractivity contribution in [2.45, 2.75) is 43.6 Å². The lowest BCUT2D eigenvalue weighted by molar-refractivity contribution is -0.114. The quantitative estimate of drug-likeness (QED) is 0.477. The van der Waals surface area contributed by atoms with Crippen LogP contribution in [0.15, 0.2) is 6.33 Å². The van der Waals surface area contributed by atoms with Crippen LogP contribution < -0.4 is 16.8 Å². The van der Waals surface area contributed by atoms with Gasteiger partial charge in [-0.1, -0.05) is 0 Å². The van der Waals surface area contributed by atoms with Crippen LogP contribution in [0.5, 0.6) is 0 Å². The van der Waals surface area contributed by atoms with Crippen molar-refractivity contribution >= 4 is 22.9 Å². The molecule has 1 aliphatic carbocycles. The smallest absolute Gasteiger partial charge is 0.224 e. The highest BCUT2D eigenvalue weighted by Crippen LogP contribution is 2.31. The number of nitrogen functional groups attached to an aromatic ring is 2. The molecule has 3 atom stereocenters. The molecule has 0 aromatic carbocycles. The van der Waals surface area contributed by atoms with Crippen molar-refractivity contribution in [3.05, 3.63) is 6.33 Å². The van der Waals surface area contributed by atoms with Gasteiger partial charge in [-0.15, -0.1) is 0 Å². The number of fused-ring (bicyclic) bond motifs is 1. The minimum atomic E-state index is -1.23. The third kappa shape index (κ3) is 2.47. The molecule has 0 aliphatic heterocycles. The number of aromatic nitrogens is 4. The van der Waals surface area contributed by atoms with Crippen LogP contribution >= 0.6 is 0 Å². The van der Waals surface area contributed by atoms with Crippen LogP contribution in [-0.4, -0.2) is 54.5 Å². The van der Waals surface area contributed by atoms with E-state index >= 15 is 0 Å². The minimum Gasteiger partial charge on any atom is -0.390 e. The first-order chi connectivity index (χ1) is 10.4. The van der Waals surface area contributed by atoms with E-state index in [1.165, 1.54) is 6.33 Å². The first-order valence-electron chi connectivity index (χ1n) is 7.24. The molecule has 0 saturated heterocycles. The molecule has 2 heterocycles. The highest BCUT2D eigenvalue weighted by Gasteiger charge is 2.41. The number of rotatable bonds is 3. The molecule has 120 valence electrons. The molecule has 9 heteroatoms. The molecule has 2 aromatic rings. The molecule has 9 nitrogen and oxygen atoms in total. The van der Waals surface area contributed by atoms with Gasteiger partial charge in [0.2, 0.25) is 5.95 Å². The van der Waals surface area contributed by atoms with Gasteiger partial charge in [0, 0.05) is 6.04 Å². The first-order valence-corrected chi connectivity index (χ1v) is 7.24. The average molecular weight is 307 g/mol. The number of aliphatic hydroxyl groups is 2. The number of nitrogens with one attached hydrogen (secondary N) is 1. The summed E-state index contributed by atoms with van der Waals surface area (Å²) in [7, 11) is 1.85. The van der Waals surface area contributed by atoms with E-state index in [2.05, 4.69) is 20.3 Å². The fourth-order valence-corrected chi connectivity index (χ4v) is 3.04. The van der Waals surface area contributed by atoms with E-state index in [9.17, 15) is 10.2 Å². The molecule has 0 spiro atoms. The van der Waals surface area contributed by atoms with Crippen LogP contribution in [0.4, 0.5) is 11.8 Å². The maximum Gasteiger partial charge on any atom is 0.224 e. The van der Waals surface area contributed by atoms with Crippen LogP contribution in [0.2, 0.25) is 0 Å². The van der Waals surface area contributed by atoms with E-state index in [-0.39, 0.29) is 24.4 Å². The third-order valence-electron chi connectivity index (χ3n) is 4.41. The first kappa shape index (κ1) is 14.9. The number of hydrogen-bond acceptors (Lipinski definition) is 8. The summed E-state index contributed by atoms with van der Waals surface area (Å²) in [6, 6.07) is 0.212. The van der Waals surface area contributed by atoms with Gasteiger partial charge in [0.05, 0.1) is 19.0 Å². The van der Waals surface area contributed by atoms with E-state index in [0.717, 1.165) is 6.42 Å². The molecule has 1 saturated carbocycles. The monoisotopic (exact) mass is 307 g/mol. The maximum absolute atomic E-state index is 10.8. The van der Waals surface area contributed by atoms with Crippen molar-refractivity contribution in [2.24, 2.45) is 0 Å². The summed E-state index contributed by atoms with van der Waals surface area (Å²) in [5.74, 6) is 0.255. The fraction of sp³-hybridized carbons (Fsp3) is 0.615. The number of nitrogens with two attached hydrogens (primary N) is 2.